The van der Waals surface area contributed by atoms with Crippen molar-refractivity contribution < 1.29 is 27.9 Å². The number of nitrogens with zero attached hydrogens (tertiary/aromatic N) is 2. The lowest BCUT2D eigenvalue weighted by atomic mass is 10.0. The van der Waals surface area contributed by atoms with Crippen LogP contribution in [0.5, 0.6) is 0 Å². The molecule has 146 valence electrons. The number of nitrogens with one attached hydrogen (secondary N) is 1. The predicted octanol–water partition coefficient (Wildman–Crippen LogP) is -0.245. The third-order valence-electron chi connectivity index (χ3n) is 4.11. The Morgan fingerprint density at radius 2 is 2.12 bits per heavy atom. The summed E-state index contributed by atoms with van der Waals surface area (Å²) in [7, 11) is -1.65. The first-order chi connectivity index (χ1) is 12.1. The molecule has 26 heavy (non-hydrogen) atoms. The van der Waals surface area contributed by atoms with Gasteiger partial charge in [-0.1, -0.05) is 13.8 Å². The number of hydrogen-bond acceptors (Lipinski definition) is 7. The highest BCUT2D eigenvalue weighted by Crippen LogP contribution is 2.19. The van der Waals surface area contributed by atoms with E-state index in [1.807, 2.05) is 0 Å². The van der Waals surface area contributed by atoms with Gasteiger partial charge < -0.3 is 20.1 Å². The van der Waals surface area contributed by atoms with E-state index in [0.717, 1.165) is 0 Å². The van der Waals surface area contributed by atoms with Crippen LogP contribution in [-0.2, 0) is 24.2 Å². The van der Waals surface area contributed by atoms with E-state index in [4.69, 9.17) is 9.84 Å². The Morgan fingerprint density at radius 3 is 2.54 bits per heavy atom. The largest absolute Gasteiger partial charge is 0.480 e. The van der Waals surface area contributed by atoms with Crippen LogP contribution < -0.4 is 5.32 Å². The standard InChI is InChI=1S/C16H25N3O6S/c1-11(2)14(16(21)22)18-15(20)12(8-17)9-19(5-6-25-3)13-4-7-26(23,24)10-13/h9,11,13-14H,4-7,10H2,1-3H3,(H,18,20)(H,21,22)/b12-9-. The third kappa shape index (κ3) is 6.31. The van der Waals surface area contributed by atoms with Crippen molar-refractivity contribution in [1.82, 2.24) is 10.2 Å². The molecule has 2 atom stereocenters. The van der Waals surface area contributed by atoms with Crippen LogP contribution in [0.4, 0.5) is 0 Å². The van der Waals surface area contributed by atoms with Gasteiger partial charge in [0.05, 0.1) is 18.1 Å². The molecule has 0 radical (unpaired) electrons. The zero-order valence-electron chi connectivity index (χ0n) is 15.1. The van der Waals surface area contributed by atoms with Gasteiger partial charge in [-0.2, -0.15) is 5.26 Å². The van der Waals surface area contributed by atoms with Gasteiger partial charge in [-0.15, -0.1) is 0 Å². The van der Waals surface area contributed by atoms with Crippen LogP contribution in [0.25, 0.3) is 0 Å². The minimum Gasteiger partial charge on any atom is -0.480 e. The number of hydrogen-bond donors (Lipinski definition) is 2. The molecular weight excluding hydrogens is 362 g/mol. The van der Waals surface area contributed by atoms with Crippen molar-refractivity contribution in [3.05, 3.63) is 11.8 Å². The van der Waals surface area contributed by atoms with Gasteiger partial charge in [0, 0.05) is 25.9 Å². The highest BCUT2D eigenvalue weighted by Gasteiger charge is 2.32. The molecule has 0 spiro atoms. The van der Waals surface area contributed by atoms with Gasteiger partial charge in [-0.05, 0) is 12.3 Å². The van der Waals surface area contributed by atoms with Gasteiger partial charge in [0.1, 0.15) is 17.7 Å². The summed E-state index contributed by atoms with van der Waals surface area (Å²) in [5.41, 5.74) is -0.280. The van der Waals surface area contributed by atoms with Gasteiger partial charge in [-0.3, -0.25) is 4.79 Å². The van der Waals surface area contributed by atoms with E-state index >= 15 is 0 Å². The fraction of sp³-hybridized carbons (Fsp3) is 0.688. The first-order valence-electron chi connectivity index (χ1n) is 8.22. The van der Waals surface area contributed by atoms with E-state index in [1.54, 1.807) is 24.8 Å². The lowest BCUT2D eigenvalue weighted by molar-refractivity contribution is -0.142. The molecule has 2 unspecified atom stereocenters. The molecule has 1 amide bonds. The van der Waals surface area contributed by atoms with E-state index < -0.39 is 27.8 Å². The van der Waals surface area contributed by atoms with Crippen LogP contribution in [0.1, 0.15) is 20.3 Å². The lowest BCUT2D eigenvalue weighted by Gasteiger charge is -2.27. The van der Waals surface area contributed by atoms with Crippen LogP contribution in [0, 0.1) is 17.2 Å². The summed E-state index contributed by atoms with van der Waals surface area (Å²) >= 11 is 0. The summed E-state index contributed by atoms with van der Waals surface area (Å²) in [6, 6.07) is 0.279. The first kappa shape index (κ1) is 21.9. The number of nitriles is 1. The average Bonchev–Trinajstić information content (AvgIpc) is 2.91. The Bertz CT molecular complexity index is 695. The second-order valence-corrected chi connectivity index (χ2v) is 8.70. The summed E-state index contributed by atoms with van der Waals surface area (Å²) in [5.74, 6) is -2.36. The molecule has 1 aliphatic heterocycles. The minimum absolute atomic E-state index is 0.0531. The maximum atomic E-state index is 12.3. The zero-order chi connectivity index (χ0) is 19.9. The number of rotatable bonds is 9. The third-order valence-corrected chi connectivity index (χ3v) is 5.86. The molecule has 0 aromatic rings. The number of amides is 1. The van der Waals surface area contributed by atoms with Crippen molar-refractivity contribution in [3.8, 4) is 6.07 Å². The Hall–Kier alpha value is -2.12. The fourth-order valence-corrected chi connectivity index (χ4v) is 4.37. The fourth-order valence-electron chi connectivity index (χ4n) is 2.62. The highest BCUT2D eigenvalue weighted by atomic mass is 32.2. The number of carbonyl (C=O) groups excluding carboxylic acids is 1. The van der Waals surface area contributed by atoms with Crippen molar-refractivity contribution in [1.29, 1.82) is 5.26 Å². The van der Waals surface area contributed by atoms with Crippen LogP contribution in [-0.4, -0.2) is 74.2 Å². The molecule has 1 heterocycles. The van der Waals surface area contributed by atoms with E-state index in [0.29, 0.717) is 13.0 Å². The number of aliphatic carboxylic acids is 1. The summed E-state index contributed by atoms with van der Waals surface area (Å²) in [4.78, 5) is 25.1. The Balaban J connectivity index is 3.01. The summed E-state index contributed by atoms with van der Waals surface area (Å²) in [6.07, 6.45) is 1.69. The van der Waals surface area contributed by atoms with Crippen LogP contribution in [0.2, 0.25) is 0 Å². The topological polar surface area (TPSA) is 137 Å². The van der Waals surface area contributed by atoms with Crippen LogP contribution >= 0.6 is 0 Å². The highest BCUT2D eigenvalue weighted by molar-refractivity contribution is 7.91. The lowest BCUT2D eigenvalue weighted by Crippen LogP contribution is -2.45. The molecule has 1 fully saturated rings. The molecule has 10 heteroatoms. The molecule has 2 N–H and O–H groups in total. The Morgan fingerprint density at radius 1 is 1.46 bits per heavy atom. The number of carbonyl (C=O) groups is 2. The van der Waals surface area contributed by atoms with Gasteiger partial charge in [0.15, 0.2) is 9.84 Å². The second kappa shape index (κ2) is 9.54. The van der Waals surface area contributed by atoms with Gasteiger partial charge in [-0.25, -0.2) is 13.2 Å². The molecule has 1 rings (SSSR count). The minimum atomic E-state index is -3.14. The van der Waals surface area contributed by atoms with E-state index in [1.165, 1.54) is 13.3 Å². The summed E-state index contributed by atoms with van der Waals surface area (Å²) in [5, 5.41) is 20.8. The van der Waals surface area contributed by atoms with Crippen molar-refractivity contribution in [2.75, 3.05) is 31.8 Å². The monoisotopic (exact) mass is 387 g/mol. The molecule has 9 nitrogen and oxygen atoms in total. The van der Waals surface area contributed by atoms with Gasteiger partial charge in [0.25, 0.3) is 5.91 Å². The van der Waals surface area contributed by atoms with Crippen molar-refractivity contribution in [3.63, 3.8) is 0 Å². The average molecular weight is 387 g/mol. The van der Waals surface area contributed by atoms with Crippen molar-refractivity contribution >= 4 is 21.7 Å². The van der Waals surface area contributed by atoms with Crippen LogP contribution in [0.15, 0.2) is 11.8 Å². The SMILES string of the molecule is COCCN(/C=C(/C#N)C(=O)NC(C(=O)O)C(C)C)C1CCS(=O)(=O)C1. The van der Waals surface area contributed by atoms with E-state index in [9.17, 15) is 23.3 Å². The maximum absolute atomic E-state index is 12.3. The predicted molar refractivity (Wildman–Crippen MR) is 93.7 cm³/mol. The first-order valence-corrected chi connectivity index (χ1v) is 10.0. The molecule has 0 aromatic carbocycles. The van der Waals surface area contributed by atoms with Gasteiger partial charge >= 0.3 is 5.97 Å². The van der Waals surface area contributed by atoms with Crippen molar-refractivity contribution in [2.45, 2.75) is 32.4 Å². The number of methoxy groups -OCH3 is 1. The van der Waals surface area contributed by atoms with Gasteiger partial charge in [0.2, 0.25) is 0 Å². The molecule has 1 saturated heterocycles. The zero-order valence-corrected chi connectivity index (χ0v) is 16.0. The number of sulfone groups is 1. The van der Waals surface area contributed by atoms with Crippen LogP contribution in [0.3, 0.4) is 0 Å². The quantitative estimate of drug-likeness (QED) is 0.408. The molecule has 1 aliphatic rings. The Labute approximate surface area is 153 Å². The molecule has 0 saturated carbocycles. The normalized spacial score (nSPS) is 20.4. The second-order valence-electron chi connectivity index (χ2n) is 6.48. The maximum Gasteiger partial charge on any atom is 0.326 e. The molecule has 0 aliphatic carbocycles. The summed E-state index contributed by atoms with van der Waals surface area (Å²) < 4.78 is 28.4. The molecule has 0 aromatic heterocycles. The Kier molecular flexibility index (Phi) is 8.05. The summed E-state index contributed by atoms with van der Waals surface area (Å²) in [6.45, 7) is 3.88. The number of ether oxygens (including phenoxy) is 1. The van der Waals surface area contributed by atoms with E-state index in [-0.39, 0.29) is 35.6 Å². The van der Waals surface area contributed by atoms with E-state index in [2.05, 4.69) is 5.32 Å². The molecular formula is C16H25N3O6S. The molecule has 0 bridgehead atoms. The smallest absolute Gasteiger partial charge is 0.326 e. The van der Waals surface area contributed by atoms with Crippen molar-refractivity contribution in [2.24, 2.45) is 5.92 Å². The number of carboxylic acid groups (broad SMARTS) is 1. The number of carboxylic acids is 1.